The number of hydrogen-bond donors (Lipinski definition) is 1. The molecule has 0 aromatic carbocycles. The largest absolute Gasteiger partial charge is 0.461 e. The van der Waals surface area contributed by atoms with Crippen LogP contribution in [-0.2, 0) is 9.59 Å². The van der Waals surface area contributed by atoms with Gasteiger partial charge < -0.3 is 14.6 Å². The molecule has 1 N–H and O–H groups in total. The zero-order valence-electron chi connectivity index (χ0n) is 13.9. The van der Waals surface area contributed by atoms with E-state index in [1.165, 1.54) is 12.5 Å². The molecule has 0 radical (unpaired) electrons. The van der Waals surface area contributed by atoms with Crippen molar-refractivity contribution in [1.82, 2.24) is 10.2 Å². The van der Waals surface area contributed by atoms with Gasteiger partial charge in [-0.3, -0.25) is 9.59 Å². The lowest BCUT2D eigenvalue weighted by Gasteiger charge is -2.36. The molecule has 1 aliphatic carbocycles. The van der Waals surface area contributed by atoms with E-state index in [-0.39, 0.29) is 17.7 Å². The lowest BCUT2D eigenvalue weighted by Crippen LogP contribution is -2.58. The van der Waals surface area contributed by atoms with Crippen LogP contribution in [-0.4, -0.2) is 35.8 Å². The van der Waals surface area contributed by atoms with E-state index in [2.05, 4.69) is 12.2 Å². The molecule has 0 bridgehead atoms. The van der Waals surface area contributed by atoms with Crippen molar-refractivity contribution in [3.05, 3.63) is 29.7 Å². The molecule has 23 heavy (non-hydrogen) atoms. The highest BCUT2D eigenvalue weighted by Gasteiger charge is 2.36. The summed E-state index contributed by atoms with van der Waals surface area (Å²) in [6.45, 7) is 7.16. The summed E-state index contributed by atoms with van der Waals surface area (Å²) in [5.74, 6) is 2.78. The molecule has 1 aliphatic heterocycles. The Bertz CT molecular complexity index is 632. The number of nitrogens with one attached hydrogen (secondary N) is 1. The Morgan fingerprint density at radius 1 is 1.43 bits per heavy atom. The normalized spacial score (nSPS) is 27.6. The quantitative estimate of drug-likeness (QED) is 0.868. The zero-order chi connectivity index (χ0) is 16.6. The maximum Gasteiger partial charge on any atom is 0.247 e. The van der Waals surface area contributed by atoms with Crippen molar-refractivity contribution in [3.63, 3.8) is 0 Å². The maximum atomic E-state index is 12.5. The van der Waals surface area contributed by atoms with Crippen molar-refractivity contribution in [3.8, 4) is 0 Å². The standard InChI is InChI=1S/C18H24N2O3/c1-11(2)17-18(22)19-8-9-20(17)16(21)7-5-13-4-6-15(23-13)14-10-12(14)3/h4-7,11-12,14,17H,8-10H2,1-3H3,(H,19,22). The minimum absolute atomic E-state index is 0.0731. The Morgan fingerprint density at radius 2 is 2.17 bits per heavy atom. The van der Waals surface area contributed by atoms with Crippen molar-refractivity contribution >= 4 is 17.9 Å². The molecule has 3 rings (SSSR count). The second-order valence-corrected chi connectivity index (χ2v) is 6.90. The molecule has 2 fully saturated rings. The van der Waals surface area contributed by atoms with Crippen LogP contribution in [0.3, 0.4) is 0 Å². The number of piperazine rings is 1. The van der Waals surface area contributed by atoms with Gasteiger partial charge >= 0.3 is 0 Å². The summed E-state index contributed by atoms with van der Waals surface area (Å²) in [5, 5.41) is 2.82. The van der Waals surface area contributed by atoms with Crippen LogP contribution in [0.4, 0.5) is 0 Å². The number of amides is 2. The number of rotatable bonds is 4. The van der Waals surface area contributed by atoms with E-state index >= 15 is 0 Å². The monoisotopic (exact) mass is 316 g/mol. The highest BCUT2D eigenvalue weighted by molar-refractivity contribution is 5.96. The summed E-state index contributed by atoms with van der Waals surface area (Å²) >= 11 is 0. The van der Waals surface area contributed by atoms with Crippen molar-refractivity contribution < 1.29 is 14.0 Å². The van der Waals surface area contributed by atoms with E-state index in [0.29, 0.717) is 30.7 Å². The second kappa shape index (κ2) is 6.22. The third kappa shape index (κ3) is 3.33. The van der Waals surface area contributed by atoms with Crippen LogP contribution < -0.4 is 5.32 Å². The molecule has 1 saturated heterocycles. The van der Waals surface area contributed by atoms with Gasteiger partial charge in [0.05, 0.1) is 0 Å². The van der Waals surface area contributed by atoms with E-state index in [1.54, 1.807) is 11.0 Å². The van der Waals surface area contributed by atoms with Crippen LogP contribution >= 0.6 is 0 Å². The van der Waals surface area contributed by atoms with Gasteiger partial charge in [0.2, 0.25) is 11.8 Å². The fourth-order valence-electron chi connectivity index (χ4n) is 3.22. The van der Waals surface area contributed by atoms with E-state index in [9.17, 15) is 9.59 Å². The highest BCUT2D eigenvalue weighted by Crippen LogP contribution is 2.47. The van der Waals surface area contributed by atoms with Crippen LogP contribution in [0, 0.1) is 11.8 Å². The van der Waals surface area contributed by atoms with E-state index in [0.717, 1.165) is 5.76 Å². The summed E-state index contributed by atoms with van der Waals surface area (Å²) in [7, 11) is 0. The Balaban J connectivity index is 1.67. The molecule has 124 valence electrons. The van der Waals surface area contributed by atoms with E-state index in [4.69, 9.17) is 4.42 Å². The van der Waals surface area contributed by atoms with Crippen LogP contribution in [0.2, 0.25) is 0 Å². The minimum atomic E-state index is -0.402. The molecule has 0 spiro atoms. The van der Waals surface area contributed by atoms with Gasteiger partial charge in [0.15, 0.2) is 0 Å². The van der Waals surface area contributed by atoms with Crippen molar-refractivity contribution in [2.75, 3.05) is 13.1 Å². The number of carbonyl (C=O) groups is 2. The first kappa shape index (κ1) is 15.8. The van der Waals surface area contributed by atoms with Gasteiger partial charge in [-0.25, -0.2) is 0 Å². The molecule has 2 aliphatic rings. The maximum absolute atomic E-state index is 12.5. The fourth-order valence-corrected chi connectivity index (χ4v) is 3.22. The smallest absolute Gasteiger partial charge is 0.247 e. The first-order chi connectivity index (χ1) is 11.0. The number of nitrogens with zero attached hydrogens (tertiary/aromatic N) is 1. The summed E-state index contributed by atoms with van der Waals surface area (Å²) in [6, 6.07) is 3.48. The number of hydrogen-bond acceptors (Lipinski definition) is 3. The van der Waals surface area contributed by atoms with Gasteiger partial charge in [-0.05, 0) is 36.5 Å². The van der Waals surface area contributed by atoms with Gasteiger partial charge in [0.25, 0.3) is 0 Å². The molecule has 5 nitrogen and oxygen atoms in total. The highest BCUT2D eigenvalue weighted by atomic mass is 16.3. The molecule has 2 heterocycles. The van der Waals surface area contributed by atoms with Crippen molar-refractivity contribution in [2.45, 2.75) is 39.2 Å². The van der Waals surface area contributed by atoms with Gasteiger partial charge in [0.1, 0.15) is 17.6 Å². The third-order valence-corrected chi connectivity index (χ3v) is 4.68. The summed E-state index contributed by atoms with van der Waals surface area (Å²) in [5.41, 5.74) is 0. The molecular formula is C18H24N2O3. The van der Waals surface area contributed by atoms with E-state index < -0.39 is 6.04 Å². The zero-order valence-corrected chi connectivity index (χ0v) is 13.9. The van der Waals surface area contributed by atoms with Gasteiger partial charge in [-0.2, -0.15) is 0 Å². The van der Waals surface area contributed by atoms with Gasteiger partial charge in [-0.15, -0.1) is 0 Å². The summed E-state index contributed by atoms with van der Waals surface area (Å²) < 4.78 is 5.77. The lowest BCUT2D eigenvalue weighted by atomic mass is 9.99. The number of carbonyl (C=O) groups excluding carboxylic acids is 2. The predicted molar refractivity (Wildman–Crippen MR) is 87.6 cm³/mol. The van der Waals surface area contributed by atoms with E-state index in [1.807, 2.05) is 26.0 Å². The fraction of sp³-hybridized carbons (Fsp3) is 0.556. The van der Waals surface area contributed by atoms with Crippen molar-refractivity contribution in [1.29, 1.82) is 0 Å². The molecule has 1 saturated carbocycles. The minimum Gasteiger partial charge on any atom is -0.461 e. The first-order valence-electron chi connectivity index (χ1n) is 8.33. The Morgan fingerprint density at radius 3 is 2.83 bits per heavy atom. The van der Waals surface area contributed by atoms with Crippen LogP contribution in [0.25, 0.3) is 6.08 Å². The van der Waals surface area contributed by atoms with Crippen LogP contribution in [0.15, 0.2) is 22.6 Å². The predicted octanol–water partition coefficient (Wildman–Crippen LogP) is 2.40. The Kier molecular flexibility index (Phi) is 4.28. The summed E-state index contributed by atoms with van der Waals surface area (Å²) in [4.78, 5) is 26.1. The molecule has 3 unspecified atom stereocenters. The Labute approximate surface area is 136 Å². The molecule has 1 aromatic heterocycles. The van der Waals surface area contributed by atoms with Crippen molar-refractivity contribution in [2.24, 2.45) is 11.8 Å². The molecule has 3 atom stereocenters. The number of furan rings is 1. The summed E-state index contributed by atoms with van der Waals surface area (Å²) in [6.07, 6.45) is 4.38. The second-order valence-electron chi connectivity index (χ2n) is 6.90. The first-order valence-corrected chi connectivity index (χ1v) is 8.33. The lowest BCUT2D eigenvalue weighted by molar-refractivity contribution is -0.141. The molecule has 2 amide bonds. The SMILES string of the molecule is CC(C)C1C(=O)NCCN1C(=O)C=Cc1ccc(C2CC2C)o1. The van der Waals surface area contributed by atoms with Gasteiger partial charge in [0, 0.05) is 25.1 Å². The molecule has 5 heteroatoms. The molecule has 1 aromatic rings. The topological polar surface area (TPSA) is 62.6 Å². The van der Waals surface area contributed by atoms with Gasteiger partial charge in [-0.1, -0.05) is 20.8 Å². The molecular weight excluding hydrogens is 292 g/mol. The van der Waals surface area contributed by atoms with Crippen LogP contribution in [0.5, 0.6) is 0 Å². The van der Waals surface area contributed by atoms with Crippen LogP contribution in [0.1, 0.15) is 44.6 Å². The Hall–Kier alpha value is -2.04. The third-order valence-electron chi connectivity index (χ3n) is 4.68. The average molecular weight is 316 g/mol. The average Bonchev–Trinajstić information content (AvgIpc) is 3.06.